The Balaban J connectivity index is 0.00000200. The summed E-state index contributed by atoms with van der Waals surface area (Å²) in [5, 5.41) is 16.9. The van der Waals surface area contributed by atoms with Crippen LogP contribution in [0.4, 0.5) is 5.69 Å². The van der Waals surface area contributed by atoms with E-state index in [9.17, 15) is 14.9 Å². The molecule has 1 fully saturated rings. The van der Waals surface area contributed by atoms with Crippen LogP contribution in [-0.4, -0.2) is 30.0 Å². The van der Waals surface area contributed by atoms with E-state index in [4.69, 9.17) is 0 Å². The first-order valence-corrected chi connectivity index (χ1v) is 6.34. The van der Waals surface area contributed by atoms with Crippen molar-refractivity contribution in [1.82, 2.24) is 10.6 Å². The largest absolute Gasteiger partial charge is 0.348 e. The van der Waals surface area contributed by atoms with Gasteiger partial charge in [0.25, 0.3) is 11.6 Å². The minimum Gasteiger partial charge on any atom is -0.348 e. The average Bonchev–Trinajstić information content (AvgIpc) is 2.39. The molecule has 0 spiro atoms. The molecule has 0 bridgehead atoms. The van der Waals surface area contributed by atoms with Gasteiger partial charge in [-0.3, -0.25) is 14.9 Å². The molecule has 7 heteroatoms. The van der Waals surface area contributed by atoms with Crippen LogP contribution in [0, 0.1) is 17.0 Å². The third kappa shape index (κ3) is 4.18. The van der Waals surface area contributed by atoms with E-state index >= 15 is 0 Å². The molecule has 1 aromatic carbocycles. The molecule has 0 unspecified atom stereocenters. The van der Waals surface area contributed by atoms with Crippen molar-refractivity contribution in [2.75, 3.05) is 13.1 Å². The molecule has 0 saturated carbocycles. The predicted molar refractivity (Wildman–Crippen MR) is 78.4 cm³/mol. The summed E-state index contributed by atoms with van der Waals surface area (Å²) in [5.41, 5.74) is 1.00. The molecular formula is C13H18ClN3O3. The van der Waals surface area contributed by atoms with E-state index in [1.807, 2.05) is 0 Å². The van der Waals surface area contributed by atoms with Crippen LogP contribution >= 0.6 is 12.4 Å². The highest BCUT2D eigenvalue weighted by molar-refractivity contribution is 5.95. The molecule has 2 rings (SSSR count). The minimum absolute atomic E-state index is 0. The molecule has 1 aliphatic rings. The smallest absolute Gasteiger partial charge is 0.270 e. The summed E-state index contributed by atoms with van der Waals surface area (Å²) in [4.78, 5) is 22.4. The highest BCUT2D eigenvalue weighted by Crippen LogP contribution is 2.17. The van der Waals surface area contributed by atoms with Crippen LogP contribution < -0.4 is 10.6 Å². The number of non-ortho nitro benzene ring substituents is 1. The lowest BCUT2D eigenvalue weighted by molar-refractivity contribution is -0.384. The normalized spacial score (nSPS) is 17.9. The van der Waals surface area contributed by atoms with Crippen LogP contribution in [0.1, 0.15) is 28.8 Å². The van der Waals surface area contributed by atoms with Crippen molar-refractivity contribution in [3.63, 3.8) is 0 Å². The Kier molecular flexibility index (Phi) is 5.91. The molecule has 1 heterocycles. The Morgan fingerprint density at radius 1 is 1.45 bits per heavy atom. The molecular weight excluding hydrogens is 282 g/mol. The minimum atomic E-state index is -0.480. The first kappa shape index (κ1) is 16.4. The van der Waals surface area contributed by atoms with Gasteiger partial charge in [-0.2, -0.15) is 0 Å². The molecule has 0 aliphatic carbocycles. The number of piperidine rings is 1. The summed E-state index contributed by atoms with van der Waals surface area (Å²) in [7, 11) is 0. The number of nitrogens with zero attached hydrogens (tertiary/aromatic N) is 1. The number of nitro groups is 1. The van der Waals surface area contributed by atoms with E-state index in [-0.39, 0.29) is 30.0 Å². The summed E-state index contributed by atoms with van der Waals surface area (Å²) in [5.74, 6) is -0.250. The van der Waals surface area contributed by atoms with Gasteiger partial charge in [-0.25, -0.2) is 0 Å². The first-order valence-electron chi connectivity index (χ1n) is 6.34. The molecule has 110 valence electrons. The van der Waals surface area contributed by atoms with E-state index in [2.05, 4.69) is 10.6 Å². The molecule has 6 nitrogen and oxygen atoms in total. The number of carbonyl (C=O) groups excluding carboxylic acids is 1. The summed E-state index contributed by atoms with van der Waals surface area (Å²) in [6.45, 7) is 3.47. The SMILES string of the molecule is Cc1cc(C(=O)N[C@@H]2CCCNC2)cc([N+](=O)[O-])c1.Cl. The third-order valence-electron chi connectivity index (χ3n) is 3.17. The lowest BCUT2D eigenvalue weighted by atomic mass is 10.1. The molecule has 0 radical (unpaired) electrons. The highest BCUT2D eigenvalue weighted by Gasteiger charge is 2.18. The fourth-order valence-corrected chi connectivity index (χ4v) is 2.24. The zero-order valence-corrected chi connectivity index (χ0v) is 12.0. The van der Waals surface area contributed by atoms with Crippen molar-refractivity contribution in [2.24, 2.45) is 0 Å². The zero-order chi connectivity index (χ0) is 13.8. The van der Waals surface area contributed by atoms with Crippen molar-refractivity contribution in [3.8, 4) is 0 Å². The van der Waals surface area contributed by atoms with E-state index in [1.165, 1.54) is 12.1 Å². The predicted octanol–water partition coefficient (Wildman–Crippen LogP) is 1.81. The third-order valence-corrected chi connectivity index (χ3v) is 3.17. The number of nitro benzene ring substituents is 1. The van der Waals surface area contributed by atoms with Gasteiger partial charge in [0.2, 0.25) is 0 Å². The van der Waals surface area contributed by atoms with Crippen LogP contribution in [0.15, 0.2) is 18.2 Å². The van der Waals surface area contributed by atoms with Crippen LogP contribution in [0.25, 0.3) is 0 Å². The topological polar surface area (TPSA) is 84.3 Å². The van der Waals surface area contributed by atoms with Gasteiger partial charge in [-0.05, 0) is 37.9 Å². The monoisotopic (exact) mass is 299 g/mol. The average molecular weight is 300 g/mol. The maximum atomic E-state index is 12.1. The van der Waals surface area contributed by atoms with E-state index < -0.39 is 4.92 Å². The van der Waals surface area contributed by atoms with Gasteiger partial charge in [0.05, 0.1) is 4.92 Å². The number of carbonyl (C=O) groups is 1. The number of aryl methyl sites for hydroxylation is 1. The zero-order valence-electron chi connectivity index (χ0n) is 11.2. The van der Waals surface area contributed by atoms with Gasteiger partial charge in [0.1, 0.15) is 0 Å². The Morgan fingerprint density at radius 3 is 2.80 bits per heavy atom. The number of nitrogens with one attached hydrogen (secondary N) is 2. The lowest BCUT2D eigenvalue weighted by Gasteiger charge is -2.23. The van der Waals surface area contributed by atoms with E-state index in [0.29, 0.717) is 11.1 Å². The fourth-order valence-electron chi connectivity index (χ4n) is 2.24. The number of hydrogen-bond donors (Lipinski definition) is 2. The van der Waals surface area contributed by atoms with Crippen molar-refractivity contribution in [2.45, 2.75) is 25.8 Å². The summed E-state index contributed by atoms with van der Waals surface area (Å²) in [6, 6.07) is 4.54. The van der Waals surface area contributed by atoms with Gasteiger partial charge in [-0.1, -0.05) is 0 Å². The van der Waals surface area contributed by atoms with Crippen LogP contribution in [0.3, 0.4) is 0 Å². The molecule has 20 heavy (non-hydrogen) atoms. The van der Waals surface area contributed by atoms with Gasteiger partial charge >= 0.3 is 0 Å². The molecule has 0 aromatic heterocycles. The number of hydrogen-bond acceptors (Lipinski definition) is 4. The fraction of sp³-hybridized carbons (Fsp3) is 0.462. The summed E-state index contributed by atoms with van der Waals surface area (Å²) in [6.07, 6.45) is 1.96. The lowest BCUT2D eigenvalue weighted by Crippen LogP contribution is -2.45. The van der Waals surface area contributed by atoms with E-state index in [0.717, 1.165) is 25.9 Å². The second-order valence-electron chi connectivity index (χ2n) is 4.83. The first-order chi connectivity index (χ1) is 9.06. The van der Waals surface area contributed by atoms with Crippen molar-refractivity contribution in [1.29, 1.82) is 0 Å². The second-order valence-corrected chi connectivity index (χ2v) is 4.83. The molecule has 1 saturated heterocycles. The highest BCUT2D eigenvalue weighted by atomic mass is 35.5. The summed E-state index contributed by atoms with van der Waals surface area (Å²) >= 11 is 0. The Labute approximate surface area is 123 Å². The summed E-state index contributed by atoms with van der Waals surface area (Å²) < 4.78 is 0. The maximum Gasteiger partial charge on any atom is 0.270 e. The van der Waals surface area contributed by atoms with Crippen LogP contribution in [0.5, 0.6) is 0 Å². The van der Waals surface area contributed by atoms with Crippen molar-refractivity contribution < 1.29 is 9.72 Å². The molecule has 1 aromatic rings. The van der Waals surface area contributed by atoms with Gasteiger partial charge < -0.3 is 10.6 Å². The Bertz CT molecular complexity index is 502. The van der Waals surface area contributed by atoms with Crippen molar-refractivity contribution in [3.05, 3.63) is 39.4 Å². The standard InChI is InChI=1S/C13H17N3O3.ClH/c1-9-5-10(7-12(6-9)16(18)19)13(17)15-11-3-2-4-14-8-11;/h5-7,11,14H,2-4,8H2,1H3,(H,15,17);1H/t11-;/m1./s1. The Morgan fingerprint density at radius 2 is 2.20 bits per heavy atom. The molecule has 1 aliphatic heterocycles. The quantitative estimate of drug-likeness (QED) is 0.658. The van der Waals surface area contributed by atoms with Gasteiger partial charge in [0, 0.05) is 30.3 Å². The molecule has 1 atom stereocenters. The number of benzene rings is 1. The number of rotatable bonds is 3. The van der Waals surface area contributed by atoms with Crippen LogP contribution in [-0.2, 0) is 0 Å². The van der Waals surface area contributed by atoms with Crippen LogP contribution in [0.2, 0.25) is 0 Å². The van der Waals surface area contributed by atoms with Gasteiger partial charge in [0.15, 0.2) is 0 Å². The van der Waals surface area contributed by atoms with E-state index in [1.54, 1.807) is 13.0 Å². The maximum absolute atomic E-state index is 12.1. The Hall–Kier alpha value is -1.66. The number of amides is 1. The molecule has 2 N–H and O–H groups in total. The number of halogens is 1. The van der Waals surface area contributed by atoms with Gasteiger partial charge in [-0.15, -0.1) is 12.4 Å². The second kappa shape index (κ2) is 7.21. The van der Waals surface area contributed by atoms with Crippen molar-refractivity contribution >= 4 is 24.0 Å². The molecule has 1 amide bonds.